The van der Waals surface area contributed by atoms with Gasteiger partial charge in [-0.2, -0.15) is 0 Å². The molecule has 3 heterocycles. The van der Waals surface area contributed by atoms with Crippen LogP contribution in [0.5, 0.6) is 0 Å². The molecule has 0 aliphatic carbocycles. The van der Waals surface area contributed by atoms with Gasteiger partial charge in [-0.25, -0.2) is 28.4 Å². The maximum absolute atomic E-state index is 16.0. The van der Waals surface area contributed by atoms with Crippen LogP contribution in [0.3, 0.4) is 0 Å². The Bertz CT molecular complexity index is 1740. The van der Waals surface area contributed by atoms with Crippen molar-refractivity contribution >= 4 is 5.78 Å². The maximum Gasteiger partial charge on any atom is 0.229 e. The molecule has 0 aliphatic rings. The number of pyridine rings is 2. The summed E-state index contributed by atoms with van der Waals surface area (Å²) < 4.78 is 32.5. The lowest BCUT2D eigenvalue weighted by molar-refractivity contribution is 0.102. The second-order valence-corrected chi connectivity index (χ2v) is 10.9. The third-order valence-corrected chi connectivity index (χ3v) is 6.64. The number of benzene rings is 2. The van der Waals surface area contributed by atoms with E-state index in [9.17, 15) is 4.79 Å². The van der Waals surface area contributed by atoms with Gasteiger partial charge in [0, 0.05) is 11.0 Å². The molecule has 0 atom stereocenters. The van der Waals surface area contributed by atoms with Gasteiger partial charge < -0.3 is 0 Å². The molecule has 0 spiro atoms. The second kappa shape index (κ2) is 10.2. The highest BCUT2D eigenvalue weighted by atomic mass is 19.1. The Morgan fingerprint density at radius 1 is 0.825 bits per heavy atom. The average molecular weight is 538 g/mol. The molecule has 0 amide bonds. The smallest absolute Gasteiger partial charge is 0.229 e. The zero-order valence-corrected chi connectivity index (χ0v) is 23.3. The number of hydrogen-bond acceptors (Lipinski definition) is 5. The summed E-state index contributed by atoms with van der Waals surface area (Å²) in [4.78, 5) is 26.7. The van der Waals surface area contributed by atoms with E-state index in [2.05, 4.69) is 20.1 Å². The number of ketones is 1. The predicted octanol–water partition coefficient (Wildman–Crippen LogP) is 7.12. The molecular formula is C32H29F2N5O. The van der Waals surface area contributed by atoms with Crippen molar-refractivity contribution in [3.8, 4) is 28.2 Å². The van der Waals surface area contributed by atoms with Gasteiger partial charge in [0.2, 0.25) is 5.78 Å². The molecule has 0 saturated carbocycles. The molecule has 0 bridgehead atoms. The van der Waals surface area contributed by atoms with Gasteiger partial charge in [0.1, 0.15) is 29.3 Å². The first-order valence-corrected chi connectivity index (χ1v) is 12.9. The minimum atomic E-state index is -0.729. The van der Waals surface area contributed by atoms with Crippen LogP contribution >= 0.6 is 0 Å². The van der Waals surface area contributed by atoms with E-state index >= 15 is 8.78 Å². The summed E-state index contributed by atoms with van der Waals surface area (Å²) >= 11 is 0. The maximum atomic E-state index is 16.0. The molecule has 0 fully saturated rings. The van der Waals surface area contributed by atoms with Gasteiger partial charge in [-0.1, -0.05) is 50.6 Å². The summed E-state index contributed by atoms with van der Waals surface area (Å²) in [5.74, 6) is -0.742. The van der Waals surface area contributed by atoms with Gasteiger partial charge in [-0.05, 0) is 73.9 Å². The molecule has 2 aromatic carbocycles. The van der Waals surface area contributed by atoms with Crippen molar-refractivity contribution in [2.75, 3.05) is 0 Å². The van der Waals surface area contributed by atoms with Crippen LogP contribution in [0.25, 0.3) is 28.2 Å². The Balaban J connectivity index is 1.52. The zero-order chi connectivity index (χ0) is 28.8. The van der Waals surface area contributed by atoms with Crippen molar-refractivity contribution in [1.29, 1.82) is 0 Å². The van der Waals surface area contributed by atoms with Crippen LogP contribution in [0, 0.1) is 32.4 Å². The average Bonchev–Trinajstić information content (AvgIpc) is 3.41. The van der Waals surface area contributed by atoms with E-state index in [-0.39, 0.29) is 33.6 Å². The SMILES string of the molecule is Cc1cc(C)c(-c2c(F)ccc(-c3cccc(C(=O)c4cccc(-n5cnc(C(C)(C)C)n5)n4)n3)c2F)c(C)c1. The fraction of sp³-hybridized carbons (Fsp3) is 0.219. The summed E-state index contributed by atoms with van der Waals surface area (Å²) in [5, 5.41) is 4.49. The van der Waals surface area contributed by atoms with E-state index in [0.29, 0.717) is 17.2 Å². The van der Waals surface area contributed by atoms with Gasteiger partial charge in [-0.15, -0.1) is 5.10 Å². The third kappa shape index (κ3) is 5.04. The molecule has 6 nitrogen and oxygen atoms in total. The Kier molecular flexibility index (Phi) is 6.87. The molecule has 0 aliphatic heterocycles. The number of halogens is 2. The lowest BCUT2D eigenvalue weighted by atomic mass is 9.91. The van der Waals surface area contributed by atoms with E-state index in [1.807, 2.05) is 53.7 Å². The van der Waals surface area contributed by atoms with Gasteiger partial charge in [0.25, 0.3) is 0 Å². The quantitative estimate of drug-likeness (QED) is 0.223. The minimum absolute atomic E-state index is 0.0871. The van der Waals surface area contributed by atoms with Crippen molar-refractivity contribution in [3.05, 3.63) is 113 Å². The van der Waals surface area contributed by atoms with Gasteiger partial charge >= 0.3 is 0 Å². The number of carbonyl (C=O) groups excluding carboxylic acids is 1. The molecule has 5 aromatic rings. The fourth-order valence-electron chi connectivity index (χ4n) is 4.79. The highest BCUT2D eigenvalue weighted by Gasteiger charge is 2.23. The highest BCUT2D eigenvalue weighted by Crippen LogP contribution is 2.36. The Labute approximate surface area is 231 Å². The van der Waals surface area contributed by atoms with Crippen LogP contribution in [0.15, 0.2) is 67.0 Å². The Morgan fingerprint density at radius 3 is 2.12 bits per heavy atom. The summed E-state index contributed by atoms with van der Waals surface area (Å²) in [6.07, 6.45) is 1.56. The summed E-state index contributed by atoms with van der Waals surface area (Å²) in [6.45, 7) is 11.6. The third-order valence-electron chi connectivity index (χ3n) is 6.64. The van der Waals surface area contributed by atoms with E-state index in [1.54, 1.807) is 42.7 Å². The largest absolute Gasteiger partial charge is 0.285 e. The van der Waals surface area contributed by atoms with Crippen LogP contribution in [0.4, 0.5) is 8.78 Å². The molecule has 0 unspecified atom stereocenters. The summed E-state index contributed by atoms with van der Waals surface area (Å²) in [5.41, 5.74) is 3.29. The van der Waals surface area contributed by atoms with Gasteiger partial charge in [0.15, 0.2) is 11.6 Å². The number of hydrogen-bond donors (Lipinski definition) is 0. The van der Waals surface area contributed by atoms with Crippen LogP contribution in [-0.2, 0) is 5.41 Å². The number of rotatable bonds is 5. The molecule has 5 rings (SSSR count). The zero-order valence-electron chi connectivity index (χ0n) is 23.3. The Hall–Kier alpha value is -4.59. The number of nitrogens with zero attached hydrogens (tertiary/aromatic N) is 5. The lowest BCUT2D eigenvalue weighted by Gasteiger charge is -2.15. The first-order chi connectivity index (χ1) is 18.9. The van der Waals surface area contributed by atoms with Crippen LogP contribution in [0.1, 0.15) is 59.5 Å². The van der Waals surface area contributed by atoms with Crippen LogP contribution < -0.4 is 0 Å². The highest BCUT2D eigenvalue weighted by molar-refractivity contribution is 6.06. The molecule has 3 aromatic heterocycles. The Morgan fingerprint density at radius 2 is 1.48 bits per heavy atom. The lowest BCUT2D eigenvalue weighted by Crippen LogP contribution is -2.14. The molecule has 202 valence electrons. The van der Waals surface area contributed by atoms with Crippen molar-refractivity contribution in [2.45, 2.75) is 47.0 Å². The molecule has 8 heteroatoms. The minimum Gasteiger partial charge on any atom is -0.285 e. The molecule has 0 radical (unpaired) electrons. The molecule has 0 N–H and O–H groups in total. The number of aromatic nitrogens is 5. The van der Waals surface area contributed by atoms with Crippen molar-refractivity contribution in [2.24, 2.45) is 0 Å². The predicted molar refractivity (Wildman–Crippen MR) is 151 cm³/mol. The van der Waals surface area contributed by atoms with E-state index in [4.69, 9.17) is 0 Å². The fourth-order valence-corrected chi connectivity index (χ4v) is 4.79. The summed E-state index contributed by atoms with van der Waals surface area (Å²) in [6, 6.07) is 16.2. The van der Waals surface area contributed by atoms with E-state index in [0.717, 1.165) is 16.7 Å². The summed E-state index contributed by atoms with van der Waals surface area (Å²) in [7, 11) is 0. The number of aryl methyl sites for hydroxylation is 3. The topological polar surface area (TPSA) is 73.6 Å². The number of carbonyl (C=O) groups is 1. The van der Waals surface area contributed by atoms with E-state index in [1.165, 1.54) is 16.8 Å². The molecular weight excluding hydrogens is 508 g/mol. The van der Waals surface area contributed by atoms with Crippen molar-refractivity contribution < 1.29 is 13.6 Å². The van der Waals surface area contributed by atoms with Gasteiger partial charge in [0.05, 0.1) is 11.3 Å². The van der Waals surface area contributed by atoms with Gasteiger partial charge in [-0.3, -0.25) is 4.79 Å². The molecule has 0 saturated heterocycles. The van der Waals surface area contributed by atoms with Crippen LogP contribution in [0.2, 0.25) is 0 Å². The van der Waals surface area contributed by atoms with Crippen molar-refractivity contribution in [3.63, 3.8) is 0 Å². The first kappa shape index (κ1) is 27.0. The van der Waals surface area contributed by atoms with E-state index < -0.39 is 17.4 Å². The first-order valence-electron chi connectivity index (χ1n) is 12.9. The monoisotopic (exact) mass is 537 g/mol. The molecule has 40 heavy (non-hydrogen) atoms. The normalized spacial score (nSPS) is 11.6. The van der Waals surface area contributed by atoms with Crippen molar-refractivity contribution in [1.82, 2.24) is 24.7 Å². The second-order valence-electron chi connectivity index (χ2n) is 10.9. The van der Waals surface area contributed by atoms with Crippen LogP contribution in [-0.4, -0.2) is 30.5 Å². The standard InChI is InChI=1S/C32H29F2N5O/c1-18-15-19(2)27(20(3)16-18)28-22(33)14-13-21(29(28)34)23-9-7-10-24(36-23)30(40)25-11-8-12-26(37-25)39-17-35-31(38-39)32(4,5)6/h7-17H,1-6H3.